The zero-order chi connectivity index (χ0) is 18.1. The van der Waals surface area contributed by atoms with Crippen LogP contribution in [0.5, 0.6) is 0 Å². The molecule has 0 amide bonds. The van der Waals surface area contributed by atoms with Crippen LogP contribution in [0, 0.1) is 12.7 Å². The second-order valence-electron chi connectivity index (χ2n) is 6.89. The molecule has 1 aromatic heterocycles. The lowest BCUT2D eigenvalue weighted by atomic mass is 9.97. The fourth-order valence-corrected chi connectivity index (χ4v) is 3.94. The summed E-state index contributed by atoms with van der Waals surface area (Å²) in [6.45, 7) is 4.61. The van der Waals surface area contributed by atoms with E-state index in [1.54, 1.807) is 0 Å². The van der Waals surface area contributed by atoms with Crippen molar-refractivity contribution in [1.29, 1.82) is 0 Å². The average molecular weight is 348 g/mol. The Morgan fingerprint density at radius 1 is 1.04 bits per heavy atom. The van der Waals surface area contributed by atoms with E-state index in [9.17, 15) is 4.39 Å². The van der Waals surface area contributed by atoms with Crippen LogP contribution in [0.1, 0.15) is 17.3 Å². The van der Waals surface area contributed by atoms with Gasteiger partial charge in [0.25, 0.3) is 0 Å². The average Bonchev–Trinajstić information content (AvgIpc) is 2.97. The molecule has 1 fully saturated rings. The molecule has 2 heterocycles. The Labute approximate surface area is 154 Å². The Balaban J connectivity index is 1.68. The number of aromatic nitrogens is 1. The molecule has 1 aliphatic rings. The van der Waals surface area contributed by atoms with Gasteiger partial charge < -0.3 is 9.47 Å². The van der Waals surface area contributed by atoms with Crippen molar-refractivity contribution in [2.24, 2.45) is 7.05 Å². The predicted molar refractivity (Wildman–Crippen MR) is 104 cm³/mol. The molecule has 4 heteroatoms. The van der Waals surface area contributed by atoms with E-state index >= 15 is 0 Å². The van der Waals surface area contributed by atoms with E-state index in [2.05, 4.69) is 53.9 Å². The highest BCUT2D eigenvalue weighted by molar-refractivity contribution is 5.71. The zero-order valence-corrected chi connectivity index (χ0v) is 15.2. The van der Waals surface area contributed by atoms with Gasteiger partial charge in [0, 0.05) is 49.8 Å². The van der Waals surface area contributed by atoms with E-state index in [4.69, 9.17) is 5.32 Å². The highest BCUT2D eigenvalue weighted by Gasteiger charge is 2.27. The first-order chi connectivity index (χ1) is 12.6. The van der Waals surface area contributed by atoms with Crippen LogP contribution >= 0.6 is 0 Å². The van der Waals surface area contributed by atoms with Crippen LogP contribution in [0.15, 0.2) is 60.8 Å². The Bertz CT molecular complexity index is 884. The summed E-state index contributed by atoms with van der Waals surface area (Å²) in [5, 5.41) is 4.92. The van der Waals surface area contributed by atoms with Crippen LogP contribution in [0.3, 0.4) is 0 Å². The summed E-state index contributed by atoms with van der Waals surface area (Å²) < 4.78 is 15.5. The molecular formula is C22H23FN3. The smallest absolute Gasteiger partial charge is 0.123 e. The second kappa shape index (κ2) is 6.96. The molecule has 0 spiro atoms. The van der Waals surface area contributed by atoms with Crippen molar-refractivity contribution in [2.45, 2.75) is 13.0 Å². The molecule has 1 radical (unpaired) electrons. The van der Waals surface area contributed by atoms with Crippen LogP contribution in [-0.2, 0) is 7.05 Å². The van der Waals surface area contributed by atoms with Crippen molar-refractivity contribution in [1.82, 2.24) is 9.88 Å². The highest BCUT2D eigenvalue weighted by atomic mass is 19.1. The third-order valence-electron chi connectivity index (χ3n) is 5.10. The van der Waals surface area contributed by atoms with E-state index in [-0.39, 0.29) is 11.9 Å². The van der Waals surface area contributed by atoms with Crippen molar-refractivity contribution in [3.8, 4) is 11.1 Å². The molecule has 1 aliphatic heterocycles. The molecule has 133 valence electrons. The third-order valence-corrected chi connectivity index (χ3v) is 5.10. The normalized spacial score (nSPS) is 17.5. The SMILES string of the molecule is Cc1cn(C)c(C2CN(c3ccc(F)cc3)CC[N]2)c1-c1ccccc1. The van der Waals surface area contributed by atoms with Gasteiger partial charge in [-0.1, -0.05) is 30.3 Å². The van der Waals surface area contributed by atoms with Gasteiger partial charge in [0.1, 0.15) is 5.82 Å². The largest absolute Gasteiger partial charge is 0.368 e. The summed E-state index contributed by atoms with van der Waals surface area (Å²) in [6, 6.07) is 17.4. The summed E-state index contributed by atoms with van der Waals surface area (Å²) >= 11 is 0. The topological polar surface area (TPSA) is 22.3 Å². The quantitative estimate of drug-likeness (QED) is 0.692. The van der Waals surface area contributed by atoms with Crippen molar-refractivity contribution >= 4 is 5.69 Å². The number of halogens is 1. The van der Waals surface area contributed by atoms with E-state index in [1.807, 2.05) is 18.2 Å². The van der Waals surface area contributed by atoms with Crippen molar-refractivity contribution in [3.05, 3.63) is 77.9 Å². The van der Waals surface area contributed by atoms with E-state index < -0.39 is 0 Å². The Morgan fingerprint density at radius 2 is 1.77 bits per heavy atom. The molecule has 0 saturated carbocycles. The number of nitrogens with zero attached hydrogens (tertiary/aromatic N) is 3. The van der Waals surface area contributed by atoms with Crippen LogP contribution in [0.4, 0.5) is 10.1 Å². The van der Waals surface area contributed by atoms with E-state index in [1.165, 1.54) is 34.5 Å². The van der Waals surface area contributed by atoms with Crippen LogP contribution in [-0.4, -0.2) is 24.2 Å². The minimum atomic E-state index is -0.198. The summed E-state index contributed by atoms with van der Waals surface area (Å²) in [5.41, 5.74) is 6.08. The van der Waals surface area contributed by atoms with E-state index in [0.29, 0.717) is 0 Å². The minimum Gasteiger partial charge on any atom is -0.368 e. The van der Waals surface area contributed by atoms with Crippen LogP contribution in [0.2, 0.25) is 0 Å². The van der Waals surface area contributed by atoms with Gasteiger partial charge in [-0.2, -0.15) is 0 Å². The molecule has 0 aliphatic carbocycles. The lowest BCUT2D eigenvalue weighted by molar-refractivity contribution is 0.445. The van der Waals surface area contributed by atoms with Gasteiger partial charge in [-0.3, -0.25) is 0 Å². The molecule has 0 bridgehead atoms. The number of benzene rings is 2. The molecular weight excluding hydrogens is 325 g/mol. The monoisotopic (exact) mass is 348 g/mol. The van der Waals surface area contributed by atoms with Gasteiger partial charge in [-0.25, -0.2) is 9.71 Å². The fourth-order valence-electron chi connectivity index (χ4n) is 3.94. The summed E-state index contributed by atoms with van der Waals surface area (Å²) in [4.78, 5) is 2.30. The maximum atomic E-state index is 13.3. The van der Waals surface area contributed by atoms with Crippen molar-refractivity contribution in [2.75, 3.05) is 24.5 Å². The first-order valence-electron chi connectivity index (χ1n) is 9.02. The molecule has 1 unspecified atom stereocenters. The van der Waals surface area contributed by atoms with Gasteiger partial charge in [-0.05, 0) is 42.3 Å². The molecule has 2 aromatic carbocycles. The molecule has 1 atom stereocenters. The van der Waals surface area contributed by atoms with Gasteiger partial charge in [0.15, 0.2) is 0 Å². The molecule has 3 nitrogen and oxygen atoms in total. The Kier molecular flexibility index (Phi) is 4.51. The maximum Gasteiger partial charge on any atom is 0.123 e. The third kappa shape index (κ3) is 3.13. The number of aryl methyl sites for hydroxylation is 2. The zero-order valence-electron chi connectivity index (χ0n) is 15.2. The fraction of sp³-hybridized carbons (Fsp3) is 0.273. The number of rotatable bonds is 3. The molecule has 1 saturated heterocycles. The number of hydrogen-bond acceptors (Lipinski definition) is 1. The van der Waals surface area contributed by atoms with Crippen molar-refractivity contribution < 1.29 is 4.39 Å². The molecule has 26 heavy (non-hydrogen) atoms. The molecule has 3 aromatic rings. The highest BCUT2D eigenvalue weighted by Crippen LogP contribution is 2.35. The molecule has 4 rings (SSSR count). The summed E-state index contributed by atoms with van der Waals surface area (Å²) in [5.74, 6) is -0.198. The van der Waals surface area contributed by atoms with Gasteiger partial charge in [0.05, 0.1) is 6.04 Å². The number of anilines is 1. The van der Waals surface area contributed by atoms with E-state index in [0.717, 1.165) is 25.3 Å². The number of piperazine rings is 1. The minimum absolute atomic E-state index is 0.0997. The van der Waals surface area contributed by atoms with Crippen molar-refractivity contribution in [3.63, 3.8) is 0 Å². The van der Waals surface area contributed by atoms with Gasteiger partial charge >= 0.3 is 0 Å². The first-order valence-corrected chi connectivity index (χ1v) is 9.02. The Hall–Kier alpha value is -2.59. The van der Waals surface area contributed by atoms with Gasteiger partial charge in [-0.15, -0.1) is 0 Å². The lowest BCUT2D eigenvalue weighted by Crippen LogP contribution is -2.43. The lowest BCUT2D eigenvalue weighted by Gasteiger charge is -2.35. The Morgan fingerprint density at radius 3 is 2.50 bits per heavy atom. The summed E-state index contributed by atoms with van der Waals surface area (Å²) in [7, 11) is 2.10. The van der Waals surface area contributed by atoms with Crippen LogP contribution in [0.25, 0.3) is 11.1 Å². The standard InChI is InChI=1S/C22H23FN3/c1-16-14-25(2)22(21(16)17-6-4-3-5-7-17)20-15-26(13-12-24-20)19-10-8-18(23)9-11-19/h3-11,14,20H,12-13,15H2,1-2H3. The second-order valence-corrected chi connectivity index (χ2v) is 6.89. The van der Waals surface area contributed by atoms with Crippen LogP contribution < -0.4 is 10.2 Å². The number of hydrogen-bond donors (Lipinski definition) is 0. The molecule has 0 N–H and O–H groups in total. The van der Waals surface area contributed by atoms with Gasteiger partial charge in [0.2, 0.25) is 0 Å². The summed E-state index contributed by atoms with van der Waals surface area (Å²) in [6.07, 6.45) is 2.18. The maximum absolute atomic E-state index is 13.3. The first kappa shape index (κ1) is 16.9. The predicted octanol–water partition coefficient (Wildman–Crippen LogP) is 4.31.